The van der Waals surface area contributed by atoms with E-state index in [1.807, 2.05) is 24.3 Å². The lowest BCUT2D eigenvalue weighted by molar-refractivity contribution is 0.254. The fourth-order valence-electron chi connectivity index (χ4n) is 1.51. The van der Waals surface area contributed by atoms with Crippen molar-refractivity contribution in [2.24, 2.45) is 5.73 Å². The van der Waals surface area contributed by atoms with E-state index in [0.29, 0.717) is 6.54 Å². The van der Waals surface area contributed by atoms with Crippen LogP contribution >= 0.6 is 0 Å². The number of para-hydroxylation sites is 2. The van der Waals surface area contributed by atoms with Gasteiger partial charge in [-0.05, 0) is 12.1 Å². The standard InChI is InChI=1S/C9H11N3O/c10-9(13)12-6-5-11-7-3-1-2-4-8(7)12/h1-4,11H,5-6H2,(H2,10,13). The molecule has 0 aliphatic carbocycles. The van der Waals surface area contributed by atoms with Gasteiger partial charge in [-0.15, -0.1) is 0 Å². The van der Waals surface area contributed by atoms with Crippen molar-refractivity contribution in [1.82, 2.24) is 0 Å². The van der Waals surface area contributed by atoms with Gasteiger partial charge in [0.25, 0.3) is 0 Å². The Balaban J connectivity index is 2.42. The van der Waals surface area contributed by atoms with Gasteiger partial charge in [-0.2, -0.15) is 0 Å². The van der Waals surface area contributed by atoms with Crippen LogP contribution in [0.5, 0.6) is 0 Å². The third-order valence-corrected chi connectivity index (χ3v) is 2.11. The van der Waals surface area contributed by atoms with Crippen molar-refractivity contribution in [3.8, 4) is 0 Å². The van der Waals surface area contributed by atoms with Crippen LogP contribution in [0.2, 0.25) is 0 Å². The van der Waals surface area contributed by atoms with Crippen LogP contribution in [0.15, 0.2) is 24.3 Å². The molecule has 0 saturated carbocycles. The molecule has 0 radical (unpaired) electrons. The van der Waals surface area contributed by atoms with Gasteiger partial charge in [0.15, 0.2) is 0 Å². The van der Waals surface area contributed by atoms with Crippen LogP contribution in [0.25, 0.3) is 0 Å². The minimum atomic E-state index is -0.394. The monoisotopic (exact) mass is 177 g/mol. The largest absolute Gasteiger partial charge is 0.382 e. The van der Waals surface area contributed by atoms with Gasteiger partial charge < -0.3 is 11.1 Å². The number of hydrogen-bond donors (Lipinski definition) is 2. The second kappa shape index (κ2) is 2.97. The van der Waals surface area contributed by atoms with E-state index in [4.69, 9.17) is 5.73 Å². The Hall–Kier alpha value is -1.71. The summed E-state index contributed by atoms with van der Waals surface area (Å²) in [5.74, 6) is 0. The maximum atomic E-state index is 11.0. The molecule has 1 aromatic carbocycles. The van der Waals surface area contributed by atoms with Crippen LogP contribution in [-0.4, -0.2) is 19.1 Å². The van der Waals surface area contributed by atoms with Gasteiger partial charge in [0.1, 0.15) is 0 Å². The quantitative estimate of drug-likeness (QED) is 0.621. The number of benzene rings is 1. The van der Waals surface area contributed by atoms with Crippen LogP contribution in [0.1, 0.15) is 0 Å². The highest BCUT2D eigenvalue weighted by atomic mass is 16.2. The van der Waals surface area contributed by atoms with E-state index < -0.39 is 6.03 Å². The van der Waals surface area contributed by atoms with Crippen molar-refractivity contribution < 1.29 is 4.79 Å². The normalized spacial score (nSPS) is 14.6. The number of hydrogen-bond acceptors (Lipinski definition) is 2. The number of rotatable bonds is 0. The second-order valence-corrected chi connectivity index (χ2v) is 2.93. The molecule has 1 aliphatic heterocycles. The zero-order valence-electron chi connectivity index (χ0n) is 7.16. The number of urea groups is 1. The maximum Gasteiger partial charge on any atom is 0.319 e. The molecule has 1 aliphatic rings. The molecule has 0 aromatic heterocycles. The molecule has 13 heavy (non-hydrogen) atoms. The number of fused-ring (bicyclic) bond motifs is 1. The fourth-order valence-corrected chi connectivity index (χ4v) is 1.51. The zero-order valence-corrected chi connectivity index (χ0v) is 7.16. The number of carbonyl (C=O) groups is 1. The van der Waals surface area contributed by atoms with Crippen molar-refractivity contribution in [2.75, 3.05) is 23.3 Å². The van der Waals surface area contributed by atoms with Crippen molar-refractivity contribution in [3.05, 3.63) is 24.3 Å². The topological polar surface area (TPSA) is 58.4 Å². The molecule has 3 N–H and O–H groups in total. The molecule has 0 spiro atoms. The molecule has 4 nitrogen and oxygen atoms in total. The van der Waals surface area contributed by atoms with Crippen LogP contribution < -0.4 is 16.0 Å². The number of nitrogens with one attached hydrogen (secondary N) is 1. The van der Waals surface area contributed by atoms with E-state index >= 15 is 0 Å². The van der Waals surface area contributed by atoms with Crippen molar-refractivity contribution in [1.29, 1.82) is 0 Å². The highest BCUT2D eigenvalue weighted by molar-refractivity contribution is 5.95. The minimum Gasteiger partial charge on any atom is -0.382 e. The number of nitrogens with two attached hydrogens (primary N) is 1. The van der Waals surface area contributed by atoms with Gasteiger partial charge in [-0.25, -0.2) is 4.79 Å². The molecular formula is C9H11N3O. The van der Waals surface area contributed by atoms with Crippen LogP contribution in [-0.2, 0) is 0 Å². The van der Waals surface area contributed by atoms with Gasteiger partial charge in [-0.3, -0.25) is 4.90 Å². The molecule has 2 rings (SSSR count). The summed E-state index contributed by atoms with van der Waals surface area (Å²) in [5.41, 5.74) is 7.07. The van der Waals surface area contributed by atoms with E-state index in [9.17, 15) is 4.79 Å². The molecule has 0 atom stereocenters. The molecule has 0 bridgehead atoms. The number of carbonyl (C=O) groups excluding carboxylic acids is 1. The Morgan fingerprint density at radius 3 is 3.00 bits per heavy atom. The smallest absolute Gasteiger partial charge is 0.319 e. The van der Waals surface area contributed by atoms with Crippen LogP contribution in [0.3, 0.4) is 0 Å². The zero-order chi connectivity index (χ0) is 9.26. The number of amides is 2. The molecule has 0 unspecified atom stereocenters. The molecule has 0 saturated heterocycles. The average Bonchev–Trinajstić information content (AvgIpc) is 2.17. The van der Waals surface area contributed by atoms with Gasteiger partial charge in [0.05, 0.1) is 11.4 Å². The number of anilines is 2. The van der Waals surface area contributed by atoms with E-state index in [0.717, 1.165) is 17.9 Å². The summed E-state index contributed by atoms with van der Waals surface area (Å²) in [7, 11) is 0. The predicted molar refractivity (Wildman–Crippen MR) is 51.9 cm³/mol. The van der Waals surface area contributed by atoms with Crippen LogP contribution in [0, 0.1) is 0 Å². The summed E-state index contributed by atoms with van der Waals surface area (Å²) in [5, 5.41) is 3.20. The first kappa shape index (κ1) is 7.91. The minimum absolute atomic E-state index is 0.394. The van der Waals surface area contributed by atoms with Gasteiger partial charge in [0, 0.05) is 13.1 Å². The average molecular weight is 177 g/mol. The van der Waals surface area contributed by atoms with Crippen molar-refractivity contribution in [3.63, 3.8) is 0 Å². The Kier molecular flexibility index (Phi) is 1.81. The Labute approximate surface area is 76.3 Å². The molecule has 1 heterocycles. The first-order valence-corrected chi connectivity index (χ1v) is 4.19. The van der Waals surface area contributed by atoms with E-state index in [1.54, 1.807) is 4.90 Å². The third kappa shape index (κ3) is 1.30. The predicted octanol–water partition coefficient (Wildman–Crippen LogP) is 0.997. The number of primary amides is 1. The SMILES string of the molecule is NC(=O)N1CCNc2ccccc21. The lowest BCUT2D eigenvalue weighted by atomic mass is 10.2. The summed E-state index contributed by atoms with van der Waals surface area (Å²) < 4.78 is 0. The Bertz CT molecular complexity index is 337. The summed E-state index contributed by atoms with van der Waals surface area (Å²) in [4.78, 5) is 12.6. The molecule has 1 aromatic rings. The van der Waals surface area contributed by atoms with Crippen molar-refractivity contribution in [2.45, 2.75) is 0 Å². The molecule has 4 heteroatoms. The van der Waals surface area contributed by atoms with E-state index in [1.165, 1.54) is 0 Å². The summed E-state index contributed by atoms with van der Waals surface area (Å²) >= 11 is 0. The molecular weight excluding hydrogens is 166 g/mol. The highest BCUT2D eigenvalue weighted by Gasteiger charge is 2.18. The lowest BCUT2D eigenvalue weighted by Gasteiger charge is -2.28. The van der Waals surface area contributed by atoms with Gasteiger partial charge in [-0.1, -0.05) is 12.1 Å². The third-order valence-electron chi connectivity index (χ3n) is 2.11. The Morgan fingerprint density at radius 1 is 1.46 bits per heavy atom. The van der Waals surface area contributed by atoms with Crippen molar-refractivity contribution >= 4 is 17.4 Å². The lowest BCUT2D eigenvalue weighted by Crippen LogP contribution is -2.42. The molecule has 68 valence electrons. The van der Waals surface area contributed by atoms with Gasteiger partial charge in [0.2, 0.25) is 0 Å². The summed E-state index contributed by atoms with van der Waals surface area (Å²) in [6, 6.07) is 7.24. The molecule has 2 amide bonds. The number of nitrogens with zero attached hydrogens (tertiary/aromatic N) is 1. The Morgan fingerprint density at radius 2 is 2.23 bits per heavy atom. The molecule has 0 fully saturated rings. The van der Waals surface area contributed by atoms with E-state index in [2.05, 4.69) is 5.32 Å². The fraction of sp³-hybridized carbons (Fsp3) is 0.222. The van der Waals surface area contributed by atoms with Crippen LogP contribution in [0.4, 0.5) is 16.2 Å². The maximum absolute atomic E-state index is 11.0. The first-order chi connectivity index (χ1) is 6.29. The van der Waals surface area contributed by atoms with Gasteiger partial charge >= 0.3 is 6.03 Å². The summed E-state index contributed by atoms with van der Waals surface area (Å²) in [6.45, 7) is 1.38. The summed E-state index contributed by atoms with van der Waals surface area (Å²) in [6.07, 6.45) is 0. The first-order valence-electron chi connectivity index (χ1n) is 4.19. The van der Waals surface area contributed by atoms with E-state index in [-0.39, 0.29) is 0 Å². The highest BCUT2D eigenvalue weighted by Crippen LogP contribution is 2.27. The second-order valence-electron chi connectivity index (χ2n) is 2.93.